The second-order valence-corrected chi connectivity index (χ2v) is 6.40. The van der Waals surface area contributed by atoms with E-state index in [0.29, 0.717) is 5.69 Å². The molecule has 0 radical (unpaired) electrons. The Morgan fingerprint density at radius 3 is 2.50 bits per heavy atom. The number of nitrogens with two attached hydrogens (primary N) is 1. The topological polar surface area (TPSA) is 81.4 Å². The van der Waals surface area contributed by atoms with Gasteiger partial charge in [-0.05, 0) is 30.5 Å². The van der Waals surface area contributed by atoms with Gasteiger partial charge in [-0.2, -0.15) is 0 Å². The maximum Gasteiger partial charge on any atom is 0.216 e. The van der Waals surface area contributed by atoms with E-state index in [-0.39, 0.29) is 17.9 Å². The SMILES string of the molecule is COC1CC(NS(=O)(=O)Cc2ccc(N)cc2)C1. The first-order chi connectivity index (χ1) is 8.48. The average Bonchev–Trinajstić information content (AvgIpc) is 2.26. The second-order valence-electron chi connectivity index (χ2n) is 4.64. The van der Waals surface area contributed by atoms with E-state index in [1.54, 1.807) is 31.4 Å². The van der Waals surface area contributed by atoms with Crippen LogP contribution in [0.2, 0.25) is 0 Å². The highest BCUT2D eigenvalue weighted by atomic mass is 32.2. The third-order valence-electron chi connectivity index (χ3n) is 3.11. The standard InChI is InChI=1S/C12H18N2O3S/c1-17-12-6-11(7-12)14-18(15,16)8-9-2-4-10(13)5-3-9/h2-5,11-12,14H,6-8,13H2,1H3. The van der Waals surface area contributed by atoms with Gasteiger partial charge in [-0.25, -0.2) is 13.1 Å². The van der Waals surface area contributed by atoms with Gasteiger partial charge in [0.05, 0.1) is 11.9 Å². The maximum atomic E-state index is 11.9. The zero-order chi connectivity index (χ0) is 13.2. The predicted molar refractivity (Wildman–Crippen MR) is 70.4 cm³/mol. The quantitative estimate of drug-likeness (QED) is 0.778. The number of sulfonamides is 1. The van der Waals surface area contributed by atoms with Crippen molar-refractivity contribution in [2.45, 2.75) is 30.7 Å². The van der Waals surface area contributed by atoms with Crippen molar-refractivity contribution < 1.29 is 13.2 Å². The molecule has 0 heterocycles. The molecule has 0 bridgehead atoms. The van der Waals surface area contributed by atoms with Crippen molar-refractivity contribution in [3.63, 3.8) is 0 Å². The number of methoxy groups -OCH3 is 1. The van der Waals surface area contributed by atoms with E-state index in [0.717, 1.165) is 18.4 Å². The monoisotopic (exact) mass is 270 g/mol. The van der Waals surface area contributed by atoms with Crippen molar-refractivity contribution in [2.75, 3.05) is 12.8 Å². The van der Waals surface area contributed by atoms with Crippen LogP contribution in [0, 0.1) is 0 Å². The molecule has 1 fully saturated rings. The summed E-state index contributed by atoms with van der Waals surface area (Å²) in [5.41, 5.74) is 6.92. The summed E-state index contributed by atoms with van der Waals surface area (Å²) in [6, 6.07) is 6.87. The molecule has 0 amide bonds. The van der Waals surface area contributed by atoms with Gasteiger partial charge in [-0.1, -0.05) is 12.1 Å². The van der Waals surface area contributed by atoms with Crippen LogP contribution in [-0.4, -0.2) is 27.7 Å². The summed E-state index contributed by atoms with van der Waals surface area (Å²) in [6.07, 6.45) is 1.68. The number of hydrogen-bond donors (Lipinski definition) is 2. The first-order valence-corrected chi connectivity index (χ1v) is 7.51. The average molecular weight is 270 g/mol. The zero-order valence-electron chi connectivity index (χ0n) is 10.3. The number of benzene rings is 1. The number of nitrogens with one attached hydrogen (secondary N) is 1. The van der Waals surface area contributed by atoms with Gasteiger partial charge in [-0.15, -0.1) is 0 Å². The van der Waals surface area contributed by atoms with Crippen LogP contribution in [0.15, 0.2) is 24.3 Å². The van der Waals surface area contributed by atoms with Crippen molar-refractivity contribution in [2.24, 2.45) is 0 Å². The minimum Gasteiger partial charge on any atom is -0.399 e. The van der Waals surface area contributed by atoms with E-state index < -0.39 is 10.0 Å². The molecule has 0 spiro atoms. The van der Waals surface area contributed by atoms with Gasteiger partial charge in [-0.3, -0.25) is 0 Å². The molecule has 0 atom stereocenters. The van der Waals surface area contributed by atoms with Gasteiger partial charge in [0, 0.05) is 18.8 Å². The molecular weight excluding hydrogens is 252 g/mol. The van der Waals surface area contributed by atoms with E-state index >= 15 is 0 Å². The molecule has 1 aliphatic rings. The molecule has 0 aliphatic heterocycles. The molecule has 6 heteroatoms. The highest BCUT2D eigenvalue weighted by molar-refractivity contribution is 7.88. The van der Waals surface area contributed by atoms with Crippen molar-refractivity contribution >= 4 is 15.7 Å². The van der Waals surface area contributed by atoms with Crippen LogP contribution >= 0.6 is 0 Å². The summed E-state index contributed by atoms with van der Waals surface area (Å²) < 4.78 is 31.6. The number of nitrogen functional groups attached to an aromatic ring is 1. The number of hydrogen-bond acceptors (Lipinski definition) is 4. The van der Waals surface area contributed by atoms with Crippen LogP contribution in [0.1, 0.15) is 18.4 Å². The molecule has 100 valence electrons. The minimum absolute atomic E-state index is 0.00808. The van der Waals surface area contributed by atoms with E-state index in [2.05, 4.69) is 4.72 Å². The van der Waals surface area contributed by atoms with Crippen LogP contribution in [0.3, 0.4) is 0 Å². The van der Waals surface area contributed by atoms with Crippen LogP contribution in [-0.2, 0) is 20.5 Å². The Morgan fingerprint density at radius 2 is 1.94 bits per heavy atom. The molecule has 1 saturated carbocycles. The van der Waals surface area contributed by atoms with Gasteiger partial charge >= 0.3 is 0 Å². The molecule has 3 N–H and O–H groups in total. The summed E-state index contributed by atoms with van der Waals surface area (Å²) in [5.74, 6) is -0.0125. The van der Waals surface area contributed by atoms with Crippen molar-refractivity contribution in [1.82, 2.24) is 4.72 Å². The Labute approximate surface area is 107 Å². The molecule has 1 aromatic rings. The molecule has 1 aromatic carbocycles. The first kappa shape index (κ1) is 13.3. The Kier molecular flexibility index (Phi) is 3.89. The third kappa shape index (κ3) is 3.44. The Bertz CT molecular complexity index is 493. The predicted octanol–water partition coefficient (Wildman–Crippen LogP) is 0.866. The minimum atomic E-state index is -3.29. The Balaban J connectivity index is 1.90. The molecule has 2 rings (SSSR count). The number of ether oxygens (including phenoxy) is 1. The normalized spacial score (nSPS) is 23.6. The van der Waals surface area contributed by atoms with E-state index in [9.17, 15) is 8.42 Å². The summed E-state index contributed by atoms with van der Waals surface area (Å²) in [4.78, 5) is 0. The van der Waals surface area contributed by atoms with Crippen molar-refractivity contribution in [3.05, 3.63) is 29.8 Å². The molecule has 5 nitrogen and oxygen atoms in total. The summed E-state index contributed by atoms with van der Waals surface area (Å²) >= 11 is 0. The van der Waals surface area contributed by atoms with Crippen LogP contribution in [0.25, 0.3) is 0 Å². The lowest BCUT2D eigenvalue weighted by Crippen LogP contribution is -2.47. The molecule has 1 aliphatic carbocycles. The lowest BCUT2D eigenvalue weighted by atomic mass is 9.90. The first-order valence-electron chi connectivity index (χ1n) is 5.86. The third-order valence-corrected chi connectivity index (χ3v) is 4.52. The van der Waals surface area contributed by atoms with E-state index in [1.807, 2.05) is 0 Å². The summed E-state index contributed by atoms with van der Waals surface area (Å²) in [6.45, 7) is 0. The largest absolute Gasteiger partial charge is 0.399 e. The zero-order valence-corrected chi connectivity index (χ0v) is 11.1. The van der Waals surface area contributed by atoms with Gasteiger partial charge in [0.1, 0.15) is 0 Å². The van der Waals surface area contributed by atoms with Gasteiger partial charge in [0.25, 0.3) is 0 Å². The van der Waals surface area contributed by atoms with Gasteiger partial charge in [0.15, 0.2) is 0 Å². The molecule has 18 heavy (non-hydrogen) atoms. The highest BCUT2D eigenvalue weighted by Gasteiger charge is 2.32. The van der Waals surface area contributed by atoms with Crippen LogP contribution < -0.4 is 10.5 Å². The fraction of sp³-hybridized carbons (Fsp3) is 0.500. The smallest absolute Gasteiger partial charge is 0.216 e. The number of rotatable bonds is 5. The second kappa shape index (κ2) is 5.26. The lowest BCUT2D eigenvalue weighted by molar-refractivity contribution is 0.0236. The van der Waals surface area contributed by atoms with Gasteiger partial charge in [0.2, 0.25) is 10.0 Å². The van der Waals surface area contributed by atoms with Crippen LogP contribution in [0.4, 0.5) is 5.69 Å². The number of anilines is 1. The molecule has 0 aromatic heterocycles. The molecular formula is C12H18N2O3S. The fourth-order valence-corrected chi connectivity index (χ4v) is 3.40. The Morgan fingerprint density at radius 1 is 1.33 bits per heavy atom. The summed E-state index contributed by atoms with van der Waals surface area (Å²) in [7, 11) is -1.64. The van der Waals surface area contributed by atoms with Crippen molar-refractivity contribution in [3.8, 4) is 0 Å². The summed E-state index contributed by atoms with van der Waals surface area (Å²) in [5, 5.41) is 0. The van der Waals surface area contributed by atoms with E-state index in [4.69, 9.17) is 10.5 Å². The molecule has 0 unspecified atom stereocenters. The fourth-order valence-electron chi connectivity index (χ4n) is 1.98. The van der Waals surface area contributed by atoms with Gasteiger partial charge < -0.3 is 10.5 Å². The lowest BCUT2D eigenvalue weighted by Gasteiger charge is -2.34. The van der Waals surface area contributed by atoms with Crippen molar-refractivity contribution in [1.29, 1.82) is 0 Å². The maximum absolute atomic E-state index is 11.9. The van der Waals surface area contributed by atoms with Crippen LogP contribution in [0.5, 0.6) is 0 Å². The Hall–Kier alpha value is -1.11. The molecule has 0 saturated heterocycles. The highest BCUT2D eigenvalue weighted by Crippen LogP contribution is 2.23. The van der Waals surface area contributed by atoms with E-state index in [1.165, 1.54) is 0 Å².